The molecule has 8 aliphatic carbocycles. The molecule has 3 heteroatoms. The van der Waals surface area contributed by atoms with Crippen molar-refractivity contribution < 1.29 is 4.42 Å². The van der Waals surface area contributed by atoms with Gasteiger partial charge in [-0.1, -0.05) is 45.0 Å². The molecule has 4 aromatic carbocycles. The van der Waals surface area contributed by atoms with Crippen LogP contribution in [0.15, 0.2) is 53.1 Å². The average Bonchev–Trinajstić information content (AvgIpc) is 3.78. The van der Waals surface area contributed by atoms with E-state index in [0.29, 0.717) is 29.1 Å². The van der Waals surface area contributed by atoms with Crippen LogP contribution in [0.2, 0.25) is 0 Å². The highest BCUT2D eigenvalue weighted by Crippen LogP contribution is 2.77. The number of rotatable bonds is 0. The van der Waals surface area contributed by atoms with Gasteiger partial charge in [0.15, 0.2) is 0 Å². The van der Waals surface area contributed by atoms with E-state index in [1.54, 1.807) is 16.7 Å². The Morgan fingerprint density at radius 3 is 2.24 bits per heavy atom. The van der Waals surface area contributed by atoms with Crippen molar-refractivity contribution in [3.8, 4) is 0 Å². The van der Waals surface area contributed by atoms with Crippen LogP contribution in [0.4, 0.5) is 0 Å². The summed E-state index contributed by atoms with van der Waals surface area (Å²) in [5.41, 5.74) is 16.4. The minimum Gasteiger partial charge on any atom is -0.455 e. The molecule has 4 aromatic heterocycles. The lowest BCUT2D eigenvalue weighted by molar-refractivity contribution is 0.00322. The Hall–Kier alpha value is -4.11. The highest BCUT2D eigenvalue weighted by atomic mass is 16.3. The Kier molecular flexibility index (Phi) is 4.85. The van der Waals surface area contributed by atoms with Gasteiger partial charge >= 0.3 is 0 Å². The molecule has 3 nitrogen and oxygen atoms in total. The molecule has 4 heterocycles. The Morgan fingerprint density at radius 2 is 1.44 bits per heavy atom. The van der Waals surface area contributed by atoms with Gasteiger partial charge in [0, 0.05) is 38.5 Å². The molecule has 0 N–H and O–H groups in total. The zero-order chi connectivity index (χ0) is 35.3. The van der Waals surface area contributed by atoms with Crippen LogP contribution in [0.25, 0.3) is 70.8 Å². The summed E-state index contributed by atoms with van der Waals surface area (Å²) in [4.78, 5) is 5.56. The predicted molar refractivity (Wildman–Crippen MR) is 221 cm³/mol. The highest BCUT2D eigenvalue weighted by molar-refractivity contribution is 6.35. The topological polar surface area (TPSA) is 30.4 Å². The van der Waals surface area contributed by atoms with Crippen LogP contribution in [-0.2, 0) is 5.41 Å². The smallest absolute Gasteiger partial charge is 0.145 e. The molecule has 0 amide bonds. The number of benzene rings is 4. The molecule has 8 aromatic rings. The first-order chi connectivity index (χ1) is 26.2. The van der Waals surface area contributed by atoms with Crippen LogP contribution in [-0.4, -0.2) is 9.38 Å². The summed E-state index contributed by atoms with van der Waals surface area (Å²) in [5.74, 6) is 6.28. The summed E-state index contributed by atoms with van der Waals surface area (Å²) >= 11 is 0. The lowest BCUT2D eigenvalue weighted by Gasteiger charge is -2.48. The monoisotopic (exact) mass is 704 g/mol. The predicted octanol–water partition coefficient (Wildman–Crippen LogP) is 13.7. The summed E-state index contributed by atoms with van der Waals surface area (Å²) in [7, 11) is 0. The van der Waals surface area contributed by atoms with E-state index in [1.807, 2.05) is 0 Å². The normalized spacial score (nSPS) is 33.3. The zero-order valence-corrected chi connectivity index (χ0v) is 32.1. The van der Waals surface area contributed by atoms with Gasteiger partial charge in [-0.2, -0.15) is 0 Å². The second kappa shape index (κ2) is 8.96. The third-order valence-corrected chi connectivity index (χ3v) is 17.8. The third-order valence-electron chi connectivity index (χ3n) is 17.8. The maximum absolute atomic E-state index is 7.45. The van der Waals surface area contributed by atoms with Gasteiger partial charge in [-0.05, 0) is 180 Å². The van der Waals surface area contributed by atoms with E-state index in [2.05, 4.69) is 80.8 Å². The van der Waals surface area contributed by atoms with Gasteiger partial charge in [-0.3, -0.25) is 4.98 Å². The molecule has 5 saturated carbocycles. The second-order valence-corrected chi connectivity index (χ2v) is 21.2. The van der Waals surface area contributed by atoms with Crippen LogP contribution in [0, 0.1) is 36.0 Å². The van der Waals surface area contributed by atoms with Gasteiger partial charge < -0.3 is 8.82 Å². The van der Waals surface area contributed by atoms with Gasteiger partial charge in [-0.25, -0.2) is 0 Å². The number of pyridine rings is 1. The Bertz CT molecular complexity index is 3060. The summed E-state index contributed by atoms with van der Waals surface area (Å²) in [5, 5.41) is 11.2. The molecule has 7 bridgehead atoms. The van der Waals surface area contributed by atoms with Crippen molar-refractivity contribution in [1.29, 1.82) is 0 Å². The Balaban J connectivity index is 1.18. The van der Waals surface area contributed by atoms with E-state index in [1.165, 1.54) is 141 Å². The minimum absolute atomic E-state index is 0.0406. The fourth-order valence-electron chi connectivity index (χ4n) is 16.3. The lowest BCUT2D eigenvalue weighted by atomic mass is 9.56. The van der Waals surface area contributed by atoms with Crippen LogP contribution in [0.5, 0.6) is 0 Å². The van der Waals surface area contributed by atoms with Gasteiger partial charge in [0.1, 0.15) is 11.2 Å². The summed E-state index contributed by atoms with van der Waals surface area (Å²) in [6.07, 6.45) is 16.3. The van der Waals surface area contributed by atoms with Gasteiger partial charge in [-0.15, -0.1) is 0 Å². The first-order valence-corrected chi connectivity index (χ1v) is 21.7. The maximum atomic E-state index is 7.45. The highest BCUT2D eigenvalue weighted by Gasteiger charge is 2.66. The first-order valence-electron chi connectivity index (χ1n) is 21.7. The molecule has 0 saturated heterocycles. The van der Waals surface area contributed by atoms with Gasteiger partial charge in [0.2, 0.25) is 0 Å². The van der Waals surface area contributed by atoms with Crippen molar-refractivity contribution >= 4 is 70.8 Å². The molecular formula is C51H48N2O. The molecule has 0 aliphatic heterocycles. The quantitative estimate of drug-likeness (QED) is 0.116. The summed E-state index contributed by atoms with van der Waals surface area (Å²) < 4.78 is 10.2. The number of hydrogen-bond donors (Lipinski definition) is 0. The average molecular weight is 705 g/mol. The molecule has 1 spiro atoms. The summed E-state index contributed by atoms with van der Waals surface area (Å²) in [6.45, 7) is 9.51. The molecule has 8 aliphatic rings. The lowest BCUT2D eigenvalue weighted by Crippen LogP contribution is -2.41. The van der Waals surface area contributed by atoms with E-state index in [9.17, 15) is 0 Å². The number of fused-ring (bicyclic) bond motifs is 15. The Labute approximate surface area is 315 Å². The SMILES string of the molecule is Cc1cc2c(c3c1C1CC4CC5CC3CC45C1)c1c3oc4cccc5c(C(C)(C)C)ccc(c3cc3c6c7c(ncc6n2c31)C1CC2CC(C1)CC7C2)c45. The number of aromatic nitrogens is 2. The van der Waals surface area contributed by atoms with E-state index in [-0.39, 0.29) is 5.41 Å². The van der Waals surface area contributed by atoms with Crippen LogP contribution in [0.3, 0.4) is 0 Å². The molecule has 54 heavy (non-hydrogen) atoms. The van der Waals surface area contributed by atoms with Crippen molar-refractivity contribution in [2.45, 2.75) is 121 Å². The van der Waals surface area contributed by atoms with Gasteiger partial charge in [0.25, 0.3) is 0 Å². The van der Waals surface area contributed by atoms with E-state index in [0.717, 1.165) is 34.8 Å². The molecule has 7 unspecified atom stereocenters. The van der Waals surface area contributed by atoms with Crippen molar-refractivity contribution in [1.82, 2.24) is 9.38 Å². The third kappa shape index (κ3) is 3.11. The number of hydrogen-bond acceptors (Lipinski definition) is 2. The largest absolute Gasteiger partial charge is 0.455 e. The standard InChI is InChI=1S/C51H48N2O/c1-23-10-37-45(41-29-17-31-18-30-16-28(40(23)41)20-51(30,31)21-29)46-48-35(19-34-32-8-9-36(50(2,3)4)33-6-5-7-39(43(32)33)54-49(34)46)44-38(53(37)48)22-52-47-27-14-24-11-25(15-27)13-26(12-24)42(44)47/h5-10,19,22,24-31H,11-18,20-21H2,1-4H3. The maximum Gasteiger partial charge on any atom is 0.145 e. The fourth-order valence-corrected chi connectivity index (χ4v) is 16.3. The Morgan fingerprint density at radius 1 is 0.667 bits per heavy atom. The summed E-state index contributed by atoms with van der Waals surface area (Å²) in [6, 6.07) is 16.9. The van der Waals surface area contributed by atoms with E-state index >= 15 is 0 Å². The minimum atomic E-state index is 0.0406. The molecular weight excluding hydrogens is 657 g/mol. The van der Waals surface area contributed by atoms with Crippen molar-refractivity contribution in [2.75, 3.05) is 0 Å². The van der Waals surface area contributed by atoms with Crippen molar-refractivity contribution in [3.63, 3.8) is 0 Å². The number of aryl methyl sites for hydroxylation is 1. The van der Waals surface area contributed by atoms with Gasteiger partial charge in [0.05, 0.1) is 28.1 Å². The molecule has 5 fully saturated rings. The molecule has 268 valence electrons. The molecule has 16 rings (SSSR count). The van der Waals surface area contributed by atoms with Crippen molar-refractivity contribution in [3.05, 3.63) is 82.2 Å². The molecule has 7 atom stereocenters. The second-order valence-electron chi connectivity index (χ2n) is 21.2. The molecule has 0 radical (unpaired) electrons. The first kappa shape index (κ1) is 29.2. The van der Waals surface area contributed by atoms with Crippen molar-refractivity contribution in [2.24, 2.45) is 29.1 Å². The van der Waals surface area contributed by atoms with E-state index in [4.69, 9.17) is 9.40 Å². The van der Waals surface area contributed by atoms with Crippen LogP contribution >= 0.6 is 0 Å². The fraction of sp³-hybridized carbons (Fsp3) is 0.471. The van der Waals surface area contributed by atoms with E-state index < -0.39 is 0 Å². The zero-order valence-electron chi connectivity index (χ0n) is 32.1. The van der Waals surface area contributed by atoms with Crippen LogP contribution < -0.4 is 0 Å². The number of nitrogens with zero attached hydrogens (tertiary/aromatic N) is 2. The van der Waals surface area contributed by atoms with Crippen LogP contribution in [0.1, 0.15) is 142 Å².